The number of rotatable bonds is 6. The number of benzene rings is 4. The molecule has 0 aromatic heterocycles. The van der Waals surface area contributed by atoms with Crippen LogP contribution in [0.15, 0.2) is 96.1 Å². The Morgan fingerprint density at radius 2 is 0.830 bits per heavy atom. The molecule has 4 aromatic carbocycles. The Hall–Kier alpha value is -2.60. The van der Waals surface area contributed by atoms with Crippen molar-refractivity contribution in [2.75, 3.05) is 0 Å². The predicted molar refractivity (Wildman–Crippen MR) is 189 cm³/mol. The van der Waals surface area contributed by atoms with Crippen LogP contribution in [0.5, 0.6) is 0 Å². The van der Waals surface area contributed by atoms with Crippen molar-refractivity contribution in [3.05, 3.63) is 129 Å². The van der Waals surface area contributed by atoms with Crippen molar-refractivity contribution in [2.45, 2.75) is 79.2 Å². The Kier molecular flexibility index (Phi) is 10.6. The van der Waals surface area contributed by atoms with Crippen molar-refractivity contribution in [3.63, 3.8) is 0 Å². The van der Waals surface area contributed by atoms with Gasteiger partial charge in [-0.2, -0.15) is 0 Å². The van der Waals surface area contributed by atoms with E-state index < -0.39 is 43.7 Å². The van der Waals surface area contributed by atoms with Crippen molar-refractivity contribution in [1.29, 1.82) is 0 Å². The van der Waals surface area contributed by atoms with Crippen LogP contribution in [0.2, 0.25) is 8.26 Å². The van der Waals surface area contributed by atoms with Gasteiger partial charge in [-0.1, -0.05) is 0 Å². The predicted octanol–water partition coefficient (Wildman–Crippen LogP) is 8.03. The molecule has 4 aliphatic carbocycles. The van der Waals surface area contributed by atoms with Crippen molar-refractivity contribution in [1.82, 2.24) is 0 Å². The second-order valence-corrected chi connectivity index (χ2v) is 27.0. The summed E-state index contributed by atoms with van der Waals surface area (Å²) in [4.78, 5) is 0. The summed E-state index contributed by atoms with van der Waals surface area (Å²) in [6.07, 6.45) is 5.88. The molecule has 0 spiro atoms. The van der Waals surface area contributed by atoms with E-state index in [4.69, 9.17) is 0 Å². The topological polar surface area (TPSA) is 0 Å². The van der Waals surface area contributed by atoms with Crippen LogP contribution in [0.3, 0.4) is 0 Å². The molecule has 3 fully saturated rings. The zero-order valence-electron chi connectivity index (χ0n) is 29.1. The third kappa shape index (κ3) is 6.73. The minimum absolute atomic E-state index is 0. The molecule has 1 aliphatic heterocycles. The molecule has 1 saturated heterocycles. The Morgan fingerprint density at radius 3 is 1.15 bits per heavy atom. The molecule has 276 valence electrons. The summed E-state index contributed by atoms with van der Waals surface area (Å²) in [7, 11) is 0. The maximum Gasteiger partial charge on any atom is -1.00 e. The van der Waals surface area contributed by atoms with E-state index in [1.54, 1.807) is 35.4 Å². The smallest absolute Gasteiger partial charge is 1.00 e. The van der Waals surface area contributed by atoms with Gasteiger partial charge in [-0.05, 0) is 0 Å². The summed E-state index contributed by atoms with van der Waals surface area (Å²) in [6, 6.07) is 24.3. The molecular weight excluding hydrogens is 805 g/mol. The minimum Gasteiger partial charge on any atom is -1.00 e. The summed E-state index contributed by atoms with van der Waals surface area (Å²) in [5, 5.41) is 0. The molecule has 9 rings (SSSR count). The second kappa shape index (κ2) is 14.5. The van der Waals surface area contributed by atoms with Crippen molar-refractivity contribution >= 4 is 12.2 Å². The maximum absolute atomic E-state index is 13.5. The normalized spacial score (nSPS) is 21.5. The molecule has 0 amide bonds. The van der Waals surface area contributed by atoms with Gasteiger partial charge < -0.3 is 24.8 Å². The van der Waals surface area contributed by atoms with Crippen molar-refractivity contribution in [3.8, 4) is 22.3 Å². The maximum atomic E-state index is 13.5. The van der Waals surface area contributed by atoms with E-state index in [0.717, 1.165) is 22.3 Å². The number of hydrogen-bond acceptors (Lipinski definition) is 0. The first-order chi connectivity index (χ1) is 24.5. The molecule has 1 heterocycles. The summed E-state index contributed by atoms with van der Waals surface area (Å²) < 4.78 is 84.3. The van der Waals surface area contributed by atoms with E-state index in [2.05, 4.69) is 48.6 Å². The number of alkyl halides is 6. The molecule has 0 bridgehead atoms. The molecule has 2 saturated carbocycles. The summed E-state index contributed by atoms with van der Waals surface area (Å²) in [6.45, 7) is 0. The van der Waals surface area contributed by atoms with Crippen LogP contribution in [0.25, 0.3) is 34.4 Å². The molecule has 0 N–H and O–H groups in total. The summed E-state index contributed by atoms with van der Waals surface area (Å²) in [5.74, 6) is 1.07. The van der Waals surface area contributed by atoms with Gasteiger partial charge in [0.2, 0.25) is 0 Å². The molecule has 2 unspecified atom stereocenters. The molecule has 2 atom stereocenters. The Bertz CT molecular complexity index is 1900. The van der Waals surface area contributed by atoms with Crippen LogP contribution < -0.4 is 24.8 Å². The van der Waals surface area contributed by atoms with Crippen LogP contribution in [-0.4, -0.2) is 0 Å². The number of fused-ring (bicyclic) bond motifs is 2. The van der Waals surface area contributed by atoms with Crippen molar-refractivity contribution < 1.29 is 71.4 Å². The number of hydrogen-bond donors (Lipinski definition) is 0. The fourth-order valence-electron chi connectivity index (χ4n) is 10.4. The monoisotopic (exact) mass is 842 g/mol. The fourth-order valence-corrected chi connectivity index (χ4v) is 28.1. The fraction of sp³-hybridized carbons (Fsp3) is 0.364. The van der Waals surface area contributed by atoms with Crippen LogP contribution in [0.4, 0.5) is 26.3 Å². The van der Waals surface area contributed by atoms with Gasteiger partial charge in [0.05, 0.1) is 0 Å². The number of halogens is 8. The van der Waals surface area contributed by atoms with Gasteiger partial charge in [0.1, 0.15) is 0 Å². The zero-order valence-corrected chi connectivity index (χ0v) is 33.1. The average molecular weight is 845 g/mol. The molecule has 9 heteroatoms. The summed E-state index contributed by atoms with van der Waals surface area (Å²) in [5.41, 5.74) is 10.8. The van der Waals surface area contributed by atoms with E-state index in [9.17, 15) is 26.3 Å². The third-order valence-electron chi connectivity index (χ3n) is 12.9. The standard InChI is InChI=1S/2C21H18F3.C2H4.2ClH.Zr/c2*22-21(23,24)18-10-8-15(9-11-18)19-7-3-6-16-12-17(13-20(16)19)14-4-1-2-5-14;1-2;;;/h2*3,6-14H,1-2,4-5H2;1-2H2;2*1H;/q;;;;;+2/p-2. The van der Waals surface area contributed by atoms with E-state index in [0.29, 0.717) is 19.1 Å². The molecule has 4 aromatic rings. The Labute approximate surface area is 324 Å². The third-order valence-corrected chi connectivity index (χ3v) is 25.8. The molecule has 0 radical (unpaired) electrons. The zero-order chi connectivity index (χ0) is 35.1. The number of allylic oxidation sites excluding steroid dienone is 2. The average Bonchev–Trinajstić information content (AvgIpc) is 3.65. The summed E-state index contributed by atoms with van der Waals surface area (Å²) >= 11 is -3.16. The van der Waals surface area contributed by atoms with Gasteiger partial charge in [-0.25, -0.2) is 0 Å². The Morgan fingerprint density at radius 1 is 0.472 bits per heavy atom. The van der Waals surface area contributed by atoms with Crippen LogP contribution in [0.1, 0.15) is 92.0 Å². The van der Waals surface area contributed by atoms with E-state index in [1.165, 1.54) is 106 Å². The second-order valence-electron chi connectivity index (χ2n) is 15.6. The largest absolute Gasteiger partial charge is 1.00 e. The quantitative estimate of drug-likeness (QED) is 0.173. The van der Waals surface area contributed by atoms with Crippen LogP contribution >= 0.6 is 0 Å². The van der Waals surface area contributed by atoms with Crippen molar-refractivity contribution in [2.24, 2.45) is 11.8 Å². The van der Waals surface area contributed by atoms with E-state index in [1.807, 2.05) is 0 Å². The van der Waals surface area contributed by atoms with Gasteiger partial charge in [0.25, 0.3) is 0 Å². The molecule has 0 nitrogen and oxygen atoms in total. The molecular formula is C44H40Cl2F6Zr. The van der Waals surface area contributed by atoms with Gasteiger partial charge in [-0.3, -0.25) is 0 Å². The molecule has 53 heavy (non-hydrogen) atoms. The van der Waals surface area contributed by atoms with Gasteiger partial charge in [-0.15, -0.1) is 0 Å². The van der Waals surface area contributed by atoms with Crippen LogP contribution in [0, 0.1) is 11.8 Å². The van der Waals surface area contributed by atoms with Gasteiger partial charge >= 0.3 is 302 Å². The first-order valence-corrected chi connectivity index (χ1v) is 24.9. The minimum atomic E-state index is -4.38. The Balaban J connectivity index is 0.00000218. The van der Waals surface area contributed by atoms with E-state index >= 15 is 0 Å². The SMILES string of the molecule is FC(F)(F)c1ccc(-c2cccc3c2C=C(C2CCCC2)[CH]3[Zr+2]2([CH]3C(C4CCCC4)=Cc4c(-c5ccc(C(F)(F)F)cc5)cccc43)[CH2][CH2]2)cc1.[Cl-].[Cl-]. The van der Waals surface area contributed by atoms with Crippen LogP contribution in [-0.2, 0) is 32.6 Å². The van der Waals surface area contributed by atoms with Gasteiger partial charge in [0, 0.05) is 0 Å². The molecule has 5 aliphatic rings. The first kappa shape index (κ1) is 38.7. The van der Waals surface area contributed by atoms with E-state index in [-0.39, 0.29) is 24.8 Å². The first-order valence-electron chi connectivity index (χ1n) is 18.6. The van der Waals surface area contributed by atoms with Gasteiger partial charge in [0.15, 0.2) is 0 Å².